The summed E-state index contributed by atoms with van der Waals surface area (Å²) in [6.07, 6.45) is 3.14. The first-order valence-electron chi connectivity index (χ1n) is 5.85. The Morgan fingerprint density at radius 1 is 1.37 bits per heavy atom. The van der Waals surface area contributed by atoms with E-state index >= 15 is 0 Å². The predicted octanol–water partition coefficient (Wildman–Crippen LogP) is 3.37. The summed E-state index contributed by atoms with van der Waals surface area (Å²) in [5, 5.41) is 14.0. The Bertz CT molecular complexity index is 636. The first-order chi connectivity index (χ1) is 9.33. The molecule has 0 aliphatic heterocycles. The average Bonchev–Trinajstić information content (AvgIpc) is 3.13. The third-order valence-corrected chi connectivity index (χ3v) is 3.63. The van der Waals surface area contributed by atoms with Crippen LogP contribution in [0, 0.1) is 0 Å². The summed E-state index contributed by atoms with van der Waals surface area (Å²) in [5.74, 6) is 0.519. The van der Waals surface area contributed by atoms with E-state index in [0.717, 1.165) is 16.3 Å². The van der Waals surface area contributed by atoms with Gasteiger partial charge in [0, 0.05) is 22.8 Å². The van der Waals surface area contributed by atoms with Gasteiger partial charge in [-0.1, -0.05) is 6.07 Å². The lowest BCUT2D eigenvalue weighted by Crippen LogP contribution is -2.05. The maximum absolute atomic E-state index is 5.19. The van der Waals surface area contributed by atoms with E-state index in [0.29, 0.717) is 5.89 Å². The van der Waals surface area contributed by atoms with Gasteiger partial charge in [0.15, 0.2) is 0 Å². The van der Waals surface area contributed by atoms with Crippen LogP contribution in [-0.2, 0) is 0 Å². The van der Waals surface area contributed by atoms with Gasteiger partial charge in [0.25, 0.3) is 0 Å². The molecule has 1 N–H and O–H groups in total. The fourth-order valence-corrected chi connectivity index (χ4v) is 2.45. The first kappa shape index (κ1) is 11.9. The second kappa shape index (κ2) is 5.19. The van der Waals surface area contributed by atoms with Crippen LogP contribution in [-0.4, -0.2) is 15.2 Å². The van der Waals surface area contributed by atoms with Crippen molar-refractivity contribution in [2.24, 2.45) is 0 Å². The van der Waals surface area contributed by atoms with Crippen LogP contribution >= 0.6 is 11.3 Å². The van der Waals surface area contributed by atoms with Gasteiger partial charge in [0.1, 0.15) is 5.01 Å². The van der Waals surface area contributed by atoms with E-state index < -0.39 is 0 Å². The highest BCUT2D eigenvalue weighted by molar-refractivity contribution is 7.09. The molecule has 3 rings (SSSR count). The zero-order valence-corrected chi connectivity index (χ0v) is 11.1. The molecule has 1 aromatic carbocycles. The Morgan fingerprint density at radius 2 is 2.32 bits per heavy atom. The minimum atomic E-state index is 0.165. The number of nitrogens with one attached hydrogen (secondary N) is 1. The van der Waals surface area contributed by atoms with Crippen molar-refractivity contribution in [2.45, 2.75) is 13.0 Å². The Hall–Kier alpha value is -2.21. The van der Waals surface area contributed by atoms with E-state index in [1.807, 2.05) is 35.8 Å². The van der Waals surface area contributed by atoms with E-state index in [1.165, 1.54) is 6.39 Å². The molecule has 96 valence electrons. The molecule has 2 aromatic heterocycles. The maximum atomic E-state index is 5.19. The van der Waals surface area contributed by atoms with E-state index in [2.05, 4.69) is 27.4 Å². The van der Waals surface area contributed by atoms with Crippen LogP contribution in [0.4, 0.5) is 5.69 Å². The average molecular weight is 272 g/mol. The van der Waals surface area contributed by atoms with Crippen molar-refractivity contribution in [1.82, 2.24) is 15.2 Å². The van der Waals surface area contributed by atoms with Crippen molar-refractivity contribution in [3.63, 3.8) is 0 Å². The molecule has 1 atom stereocenters. The number of benzene rings is 1. The summed E-state index contributed by atoms with van der Waals surface area (Å²) in [7, 11) is 0. The molecule has 0 saturated carbocycles. The molecule has 0 saturated heterocycles. The standard InChI is InChI=1S/C13H12N4OS/c1-9(13-14-5-6-19-13)16-11-4-2-3-10(7-11)12-17-15-8-18-12/h2-9,16H,1H3. The maximum Gasteiger partial charge on any atom is 0.247 e. The van der Waals surface area contributed by atoms with Crippen LogP contribution in [0.3, 0.4) is 0 Å². The van der Waals surface area contributed by atoms with Crippen LogP contribution in [0.5, 0.6) is 0 Å². The Labute approximate surface area is 114 Å². The second-order valence-corrected chi connectivity index (χ2v) is 4.99. The highest BCUT2D eigenvalue weighted by Crippen LogP contribution is 2.24. The normalized spacial score (nSPS) is 12.3. The largest absolute Gasteiger partial charge is 0.423 e. The highest BCUT2D eigenvalue weighted by Gasteiger charge is 2.09. The van der Waals surface area contributed by atoms with Gasteiger partial charge >= 0.3 is 0 Å². The summed E-state index contributed by atoms with van der Waals surface area (Å²) < 4.78 is 5.19. The van der Waals surface area contributed by atoms with Crippen LogP contribution < -0.4 is 5.32 Å². The third kappa shape index (κ3) is 2.63. The highest BCUT2D eigenvalue weighted by atomic mass is 32.1. The zero-order chi connectivity index (χ0) is 13.1. The Morgan fingerprint density at radius 3 is 3.05 bits per heavy atom. The van der Waals surface area contributed by atoms with Crippen LogP contribution in [0.15, 0.2) is 46.7 Å². The van der Waals surface area contributed by atoms with Gasteiger partial charge in [-0.05, 0) is 25.1 Å². The molecule has 0 aliphatic carbocycles. The lowest BCUT2D eigenvalue weighted by atomic mass is 10.2. The van der Waals surface area contributed by atoms with E-state index in [1.54, 1.807) is 11.3 Å². The monoisotopic (exact) mass is 272 g/mol. The molecule has 2 heterocycles. The van der Waals surface area contributed by atoms with Crippen molar-refractivity contribution in [2.75, 3.05) is 5.32 Å². The second-order valence-electron chi connectivity index (χ2n) is 4.06. The SMILES string of the molecule is CC(Nc1cccc(-c2nnco2)c1)c1nccs1. The molecule has 0 aliphatic rings. The summed E-state index contributed by atoms with van der Waals surface area (Å²) >= 11 is 1.64. The molecule has 1 unspecified atom stereocenters. The van der Waals surface area contributed by atoms with Gasteiger partial charge in [-0.15, -0.1) is 21.5 Å². The number of hydrogen-bond donors (Lipinski definition) is 1. The summed E-state index contributed by atoms with van der Waals surface area (Å²) in [6, 6.07) is 8.04. The number of aromatic nitrogens is 3. The van der Waals surface area contributed by atoms with Gasteiger partial charge < -0.3 is 9.73 Å². The number of hydrogen-bond acceptors (Lipinski definition) is 6. The molecule has 0 fully saturated rings. The van der Waals surface area contributed by atoms with Gasteiger partial charge in [0.05, 0.1) is 6.04 Å². The summed E-state index contributed by atoms with van der Waals surface area (Å²) in [5.41, 5.74) is 1.90. The fraction of sp³-hybridized carbons (Fsp3) is 0.154. The fourth-order valence-electron chi connectivity index (χ4n) is 1.80. The van der Waals surface area contributed by atoms with Crippen LogP contribution in [0.25, 0.3) is 11.5 Å². The molecular weight excluding hydrogens is 260 g/mol. The zero-order valence-electron chi connectivity index (χ0n) is 10.3. The van der Waals surface area contributed by atoms with Crippen LogP contribution in [0.1, 0.15) is 18.0 Å². The van der Waals surface area contributed by atoms with Crippen LogP contribution in [0.2, 0.25) is 0 Å². The molecule has 0 spiro atoms. The van der Waals surface area contributed by atoms with Gasteiger partial charge in [-0.3, -0.25) is 0 Å². The van der Waals surface area contributed by atoms with Crippen molar-refractivity contribution in [1.29, 1.82) is 0 Å². The number of rotatable bonds is 4. The Kier molecular flexibility index (Phi) is 3.24. The topological polar surface area (TPSA) is 63.8 Å². The molecule has 3 aromatic rings. The van der Waals surface area contributed by atoms with Gasteiger partial charge in [-0.25, -0.2) is 4.98 Å². The van der Waals surface area contributed by atoms with E-state index in [9.17, 15) is 0 Å². The van der Waals surface area contributed by atoms with E-state index in [-0.39, 0.29) is 6.04 Å². The third-order valence-electron chi connectivity index (χ3n) is 2.67. The van der Waals surface area contributed by atoms with Crippen molar-refractivity contribution >= 4 is 17.0 Å². The molecule has 5 nitrogen and oxygen atoms in total. The van der Waals surface area contributed by atoms with Crippen molar-refractivity contribution in [3.8, 4) is 11.5 Å². The van der Waals surface area contributed by atoms with Gasteiger partial charge in [-0.2, -0.15) is 0 Å². The molecule has 6 heteroatoms. The number of nitrogens with zero attached hydrogens (tertiary/aromatic N) is 3. The smallest absolute Gasteiger partial charge is 0.247 e. The summed E-state index contributed by atoms with van der Waals surface area (Å²) in [6.45, 7) is 2.08. The molecule has 19 heavy (non-hydrogen) atoms. The first-order valence-corrected chi connectivity index (χ1v) is 6.73. The quantitative estimate of drug-likeness (QED) is 0.789. The number of anilines is 1. The predicted molar refractivity (Wildman–Crippen MR) is 73.9 cm³/mol. The lowest BCUT2D eigenvalue weighted by molar-refractivity contribution is 0.568. The van der Waals surface area contributed by atoms with Crippen molar-refractivity contribution < 1.29 is 4.42 Å². The van der Waals surface area contributed by atoms with Gasteiger partial charge in [0.2, 0.25) is 12.3 Å². The molecular formula is C13H12N4OS. The minimum Gasteiger partial charge on any atom is -0.423 e. The van der Waals surface area contributed by atoms with E-state index in [4.69, 9.17) is 4.42 Å². The molecule has 0 radical (unpaired) electrons. The summed E-state index contributed by atoms with van der Waals surface area (Å²) in [4.78, 5) is 4.30. The Balaban J connectivity index is 1.80. The molecule has 0 amide bonds. The lowest BCUT2D eigenvalue weighted by Gasteiger charge is -2.13. The number of thiazole rings is 1. The van der Waals surface area contributed by atoms with Crippen molar-refractivity contribution in [3.05, 3.63) is 47.2 Å². The minimum absolute atomic E-state index is 0.165. The molecule has 0 bridgehead atoms.